The van der Waals surface area contributed by atoms with Crippen LogP contribution >= 0.6 is 0 Å². The fourth-order valence-electron chi connectivity index (χ4n) is 4.40. The van der Waals surface area contributed by atoms with Crippen molar-refractivity contribution in [1.29, 1.82) is 0 Å². The number of aliphatic hydroxyl groups excluding tert-OH is 1. The summed E-state index contributed by atoms with van der Waals surface area (Å²) in [5, 5.41) is 12.7. The van der Waals surface area contributed by atoms with Crippen LogP contribution in [0.2, 0.25) is 0 Å². The summed E-state index contributed by atoms with van der Waals surface area (Å²) < 4.78 is 25.9. The van der Waals surface area contributed by atoms with E-state index in [2.05, 4.69) is 5.32 Å². The fraction of sp³-hybridized carbons (Fsp3) is 0.207. The van der Waals surface area contributed by atoms with E-state index in [-0.39, 0.29) is 24.8 Å². The van der Waals surface area contributed by atoms with E-state index in [1.165, 1.54) is 12.1 Å². The normalized spacial score (nSPS) is 15.7. The monoisotopic (exact) mass is 489 g/mol. The molecule has 3 aromatic carbocycles. The molecule has 1 amide bonds. The number of benzene rings is 3. The number of carbonyl (C=O) groups is 1. The first-order chi connectivity index (χ1) is 16.9. The average Bonchev–Trinajstić information content (AvgIpc) is 3.09. The third kappa shape index (κ3) is 5.84. The molecule has 4 rings (SSSR count). The number of aliphatic hydroxyl groups is 1. The second kappa shape index (κ2) is 10.9. The fourth-order valence-corrected chi connectivity index (χ4v) is 4.92. The molecule has 1 aliphatic rings. The lowest BCUT2D eigenvalue weighted by Crippen LogP contribution is -2.39. The number of halogens is 1. The van der Waals surface area contributed by atoms with Crippen LogP contribution in [0.3, 0.4) is 0 Å². The lowest BCUT2D eigenvalue weighted by molar-refractivity contribution is -0.121. The maximum atomic E-state index is 14.2. The van der Waals surface area contributed by atoms with Gasteiger partial charge in [0.2, 0.25) is 5.91 Å². The number of hydrogen-bond acceptors (Lipinski definition) is 3. The van der Waals surface area contributed by atoms with Crippen LogP contribution in [0.15, 0.2) is 83.3 Å². The Hall–Kier alpha value is -3.35. The number of allylic oxidation sites excluding steroid dienone is 2. The van der Waals surface area contributed by atoms with Crippen molar-refractivity contribution in [3.8, 4) is 0 Å². The van der Waals surface area contributed by atoms with E-state index in [1.54, 1.807) is 12.3 Å². The van der Waals surface area contributed by atoms with Crippen molar-refractivity contribution < 1.29 is 18.5 Å². The highest BCUT2D eigenvalue weighted by molar-refractivity contribution is 7.84. The van der Waals surface area contributed by atoms with Gasteiger partial charge in [0.1, 0.15) is 5.82 Å². The van der Waals surface area contributed by atoms with Crippen LogP contribution in [0.1, 0.15) is 35.6 Å². The number of fused-ring (bicyclic) bond motifs is 1. The van der Waals surface area contributed by atoms with Crippen LogP contribution in [0.5, 0.6) is 0 Å². The number of hydrogen-bond donors (Lipinski definition) is 2. The van der Waals surface area contributed by atoms with Crippen molar-refractivity contribution in [3.05, 3.63) is 106 Å². The Morgan fingerprint density at radius 2 is 1.77 bits per heavy atom. The Kier molecular flexibility index (Phi) is 7.73. The van der Waals surface area contributed by atoms with E-state index in [4.69, 9.17) is 0 Å². The molecule has 35 heavy (non-hydrogen) atoms. The molecule has 1 aliphatic carbocycles. The first kappa shape index (κ1) is 24.8. The van der Waals surface area contributed by atoms with Crippen LogP contribution < -0.4 is 5.32 Å². The Morgan fingerprint density at radius 3 is 2.43 bits per heavy atom. The first-order valence-corrected chi connectivity index (χ1v) is 13.0. The molecule has 0 aromatic heterocycles. The molecule has 0 saturated heterocycles. The van der Waals surface area contributed by atoms with Crippen LogP contribution in [-0.2, 0) is 22.0 Å². The van der Waals surface area contributed by atoms with Crippen molar-refractivity contribution in [2.24, 2.45) is 0 Å². The Bertz CT molecular complexity index is 1310. The van der Waals surface area contributed by atoms with E-state index in [0.29, 0.717) is 12.0 Å². The zero-order valence-electron chi connectivity index (χ0n) is 19.8. The van der Waals surface area contributed by atoms with Gasteiger partial charge in [-0.3, -0.25) is 9.00 Å². The lowest BCUT2D eigenvalue weighted by Gasteiger charge is -2.17. The van der Waals surface area contributed by atoms with Gasteiger partial charge in [0, 0.05) is 22.0 Å². The van der Waals surface area contributed by atoms with Crippen LogP contribution in [0, 0.1) is 5.82 Å². The molecule has 180 valence electrons. The lowest BCUT2D eigenvalue weighted by atomic mass is 10.0. The second-order valence-electron chi connectivity index (χ2n) is 8.69. The largest absolute Gasteiger partial charge is 0.394 e. The molecule has 4 nitrogen and oxygen atoms in total. The molecule has 2 N–H and O–H groups in total. The average molecular weight is 490 g/mol. The molecule has 0 radical (unpaired) electrons. The van der Waals surface area contributed by atoms with E-state index in [1.807, 2.05) is 67.6 Å². The van der Waals surface area contributed by atoms with E-state index in [9.17, 15) is 18.5 Å². The van der Waals surface area contributed by atoms with Gasteiger partial charge < -0.3 is 10.4 Å². The molecule has 0 heterocycles. The minimum absolute atomic E-state index is 0.0820. The van der Waals surface area contributed by atoms with Gasteiger partial charge in [-0.05, 0) is 82.7 Å². The predicted octanol–water partition coefficient (Wildman–Crippen LogP) is 5.00. The maximum absolute atomic E-state index is 14.2. The van der Waals surface area contributed by atoms with Crippen LogP contribution in [0.25, 0.3) is 17.2 Å². The Labute approximate surface area is 207 Å². The number of rotatable bonds is 8. The van der Waals surface area contributed by atoms with Crippen LogP contribution in [0.4, 0.5) is 4.39 Å². The molecule has 0 bridgehead atoms. The number of amides is 1. The standard InChI is InChI=1S/C29H28FNO3S/c1-19-26(15-21-8-11-24(12-9-21)35(2)34)25-13-10-22(30)16-28(25)27(19)17-29(33)31-23(18-32)14-20-6-4-3-5-7-20/h3-13,15-16,23,32H,14,17-18H2,1-2H3,(H,31,33). The third-order valence-corrected chi connectivity index (χ3v) is 7.16. The van der Waals surface area contributed by atoms with Crippen molar-refractivity contribution in [1.82, 2.24) is 5.32 Å². The van der Waals surface area contributed by atoms with E-state index >= 15 is 0 Å². The highest BCUT2D eigenvalue weighted by Crippen LogP contribution is 2.43. The van der Waals surface area contributed by atoms with Gasteiger partial charge in [-0.25, -0.2) is 4.39 Å². The van der Waals surface area contributed by atoms with Gasteiger partial charge in [0.25, 0.3) is 0 Å². The number of carbonyl (C=O) groups excluding carboxylic acids is 1. The molecule has 0 spiro atoms. The molecule has 3 aromatic rings. The molecule has 2 unspecified atom stereocenters. The second-order valence-corrected chi connectivity index (χ2v) is 10.1. The smallest absolute Gasteiger partial charge is 0.224 e. The van der Waals surface area contributed by atoms with Crippen LogP contribution in [-0.4, -0.2) is 34.1 Å². The highest BCUT2D eigenvalue weighted by Gasteiger charge is 2.26. The highest BCUT2D eigenvalue weighted by atomic mass is 32.2. The number of nitrogens with one attached hydrogen (secondary N) is 1. The van der Waals surface area contributed by atoms with Crippen molar-refractivity contribution in [2.75, 3.05) is 12.9 Å². The van der Waals surface area contributed by atoms with Gasteiger partial charge in [-0.15, -0.1) is 0 Å². The van der Waals surface area contributed by atoms with Crippen molar-refractivity contribution in [2.45, 2.75) is 30.7 Å². The minimum atomic E-state index is -1.05. The summed E-state index contributed by atoms with van der Waals surface area (Å²) in [6.07, 6.45) is 4.25. The molecular weight excluding hydrogens is 461 g/mol. The van der Waals surface area contributed by atoms with Gasteiger partial charge in [-0.1, -0.05) is 48.5 Å². The molecule has 0 saturated carbocycles. The molecule has 2 atom stereocenters. The van der Waals surface area contributed by atoms with Gasteiger partial charge in [0.05, 0.1) is 19.1 Å². The zero-order valence-corrected chi connectivity index (χ0v) is 20.6. The summed E-state index contributed by atoms with van der Waals surface area (Å²) in [5.41, 5.74) is 6.14. The van der Waals surface area contributed by atoms with E-state index < -0.39 is 16.8 Å². The van der Waals surface area contributed by atoms with Gasteiger partial charge in [0.15, 0.2) is 0 Å². The zero-order chi connectivity index (χ0) is 24.9. The topological polar surface area (TPSA) is 66.4 Å². The molecule has 6 heteroatoms. The van der Waals surface area contributed by atoms with Gasteiger partial charge in [-0.2, -0.15) is 0 Å². The third-order valence-electron chi connectivity index (χ3n) is 6.22. The predicted molar refractivity (Wildman–Crippen MR) is 139 cm³/mol. The molecule has 0 aliphatic heterocycles. The minimum Gasteiger partial charge on any atom is -0.394 e. The maximum Gasteiger partial charge on any atom is 0.224 e. The molecule has 0 fully saturated rings. The first-order valence-electron chi connectivity index (χ1n) is 11.5. The molecular formula is C29H28FNO3S. The SMILES string of the molecule is CC1=C(CC(=O)NC(CO)Cc2ccccc2)c2cc(F)ccc2C1=Cc1ccc(S(C)=O)cc1. The summed E-state index contributed by atoms with van der Waals surface area (Å²) in [6, 6.07) is 21.4. The quantitative estimate of drug-likeness (QED) is 0.468. The Morgan fingerprint density at radius 1 is 1.06 bits per heavy atom. The van der Waals surface area contributed by atoms with Crippen molar-refractivity contribution >= 4 is 33.9 Å². The van der Waals surface area contributed by atoms with Crippen molar-refractivity contribution in [3.63, 3.8) is 0 Å². The summed E-state index contributed by atoms with van der Waals surface area (Å²) in [4.78, 5) is 13.7. The Balaban J connectivity index is 1.59. The summed E-state index contributed by atoms with van der Waals surface area (Å²) in [6.45, 7) is 1.77. The van der Waals surface area contributed by atoms with E-state index in [0.717, 1.165) is 38.3 Å². The summed E-state index contributed by atoms with van der Waals surface area (Å²) >= 11 is 0. The van der Waals surface area contributed by atoms with Gasteiger partial charge >= 0.3 is 0 Å². The summed E-state index contributed by atoms with van der Waals surface area (Å²) in [5.74, 6) is -0.580. The summed E-state index contributed by atoms with van der Waals surface area (Å²) in [7, 11) is -1.05.